The third-order valence-electron chi connectivity index (χ3n) is 4.10. The van der Waals surface area contributed by atoms with Gasteiger partial charge in [-0.3, -0.25) is 9.69 Å². The summed E-state index contributed by atoms with van der Waals surface area (Å²) in [6.07, 6.45) is 4.86. The molecule has 0 radical (unpaired) electrons. The van der Waals surface area contributed by atoms with Crippen molar-refractivity contribution in [3.8, 4) is 0 Å². The quantitative estimate of drug-likeness (QED) is 0.654. The van der Waals surface area contributed by atoms with E-state index in [1.54, 1.807) is 0 Å². The second-order valence-corrected chi connectivity index (χ2v) is 5.19. The molecule has 2 aliphatic heterocycles. The molecule has 2 saturated heterocycles. The highest BCUT2D eigenvalue weighted by atomic mass is 16.5. The largest absolute Gasteiger partial charge is 0.464 e. The van der Waals surface area contributed by atoms with Gasteiger partial charge < -0.3 is 4.74 Å². The normalized spacial score (nSPS) is 40.5. The van der Waals surface area contributed by atoms with Crippen LogP contribution in [0, 0.1) is 0 Å². The van der Waals surface area contributed by atoms with Gasteiger partial charge in [-0.25, -0.2) is 0 Å². The first kappa shape index (κ1) is 10.9. The highest BCUT2D eigenvalue weighted by molar-refractivity contribution is 5.66. The van der Waals surface area contributed by atoms with Gasteiger partial charge >= 0.3 is 5.97 Å². The van der Waals surface area contributed by atoms with E-state index < -0.39 is 0 Å². The van der Waals surface area contributed by atoms with Crippen molar-refractivity contribution in [1.82, 2.24) is 4.90 Å². The maximum absolute atomic E-state index is 10.9. The number of fused-ring (bicyclic) bond motifs is 1. The van der Waals surface area contributed by atoms with E-state index in [-0.39, 0.29) is 11.5 Å². The topological polar surface area (TPSA) is 29.5 Å². The molecule has 0 bridgehead atoms. The lowest BCUT2D eigenvalue weighted by atomic mass is 9.95. The Hall–Kier alpha value is -0.570. The van der Waals surface area contributed by atoms with Crippen LogP contribution in [0.15, 0.2) is 0 Å². The van der Waals surface area contributed by atoms with Crippen LogP contribution in [0.25, 0.3) is 0 Å². The monoisotopic (exact) mass is 211 g/mol. The average Bonchev–Trinajstić information content (AvgIpc) is 2.66. The molecule has 0 amide bonds. The van der Waals surface area contributed by atoms with E-state index in [1.807, 2.05) is 0 Å². The highest BCUT2D eigenvalue weighted by Crippen LogP contribution is 2.45. The van der Waals surface area contributed by atoms with Crippen molar-refractivity contribution in [2.75, 3.05) is 6.61 Å². The van der Waals surface area contributed by atoms with Crippen LogP contribution in [0.4, 0.5) is 0 Å². The summed E-state index contributed by atoms with van der Waals surface area (Å²) >= 11 is 0. The van der Waals surface area contributed by atoms with Crippen LogP contribution in [0.3, 0.4) is 0 Å². The molecular weight excluding hydrogens is 190 g/mol. The van der Waals surface area contributed by atoms with Gasteiger partial charge in [-0.1, -0.05) is 0 Å². The van der Waals surface area contributed by atoms with E-state index >= 15 is 0 Å². The van der Waals surface area contributed by atoms with Crippen molar-refractivity contribution in [2.24, 2.45) is 0 Å². The standard InChI is InChI=1S/C12H21NO2/c1-9-4-6-12(8-15-11(3)14)7-5-10(2)13(9)12/h9-10H,4-8H2,1-3H3. The van der Waals surface area contributed by atoms with Crippen molar-refractivity contribution >= 4 is 5.97 Å². The van der Waals surface area contributed by atoms with Gasteiger partial charge in [-0.05, 0) is 39.5 Å². The van der Waals surface area contributed by atoms with Gasteiger partial charge in [-0.15, -0.1) is 0 Å². The number of ether oxygens (including phenoxy) is 1. The lowest BCUT2D eigenvalue weighted by Gasteiger charge is -2.36. The average molecular weight is 211 g/mol. The minimum absolute atomic E-state index is 0.150. The summed E-state index contributed by atoms with van der Waals surface area (Å²) in [5.74, 6) is -0.150. The van der Waals surface area contributed by atoms with Gasteiger partial charge in [0.2, 0.25) is 0 Å². The molecule has 0 N–H and O–H groups in total. The van der Waals surface area contributed by atoms with E-state index in [9.17, 15) is 4.79 Å². The Kier molecular flexibility index (Phi) is 2.75. The summed E-state index contributed by atoms with van der Waals surface area (Å²) in [7, 11) is 0. The molecule has 0 saturated carbocycles. The van der Waals surface area contributed by atoms with Gasteiger partial charge in [0.1, 0.15) is 6.61 Å². The molecule has 86 valence electrons. The van der Waals surface area contributed by atoms with Gasteiger partial charge in [0.15, 0.2) is 0 Å². The predicted molar refractivity (Wildman–Crippen MR) is 58.6 cm³/mol. The minimum atomic E-state index is -0.150. The molecule has 2 fully saturated rings. The van der Waals surface area contributed by atoms with E-state index in [0.717, 1.165) is 0 Å². The van der Waals surface area contributed by atoms with Crippen molar-refractivity contribution in [3.05, 3.63) is 0 Å². The number of rotatable bonds is 2. The summed E-state index contributed by atoms with van der Waals surface area (Å²) in [6, 6.07) is 1.30. The number of carbonyl (C=O) groups is 1. The molecule has 2 heterocycles. The Bertz CT molecular complexity index is 250. The molecule has 0 aromatic carbocycles. The Morgan fingerprint density at radius 2 is 1.87 bits per heavy atom. The van der Waals surface area contributed by atoms with Crippen LogP contribution in [-0.4, -0.2) is 35.1 Å². The molecule has 3 heteroatoms. The van der Waals surface area contributed by atoms with Crippen molar-refractivity contribution in [1.29, 1.82) is 0 Å². The lowest BCUT2D eigenvalue weighted by Crippen LogP contribution is -2.48. The third kappa shape index (κ3) is 1.78. The summed E-state index contributed by atoms with van der Waals surface area (Å²) < 4.78 is 5.25. The molecule has 2 atom stereocenters. The highest BCUT2D eigenvalue weighted by Gasteiger charge is 2.51. The SMILES string of the molecule is CC(=O)OCC12CCC(C)N1C(C)CC2. The number of hydrogen-bond donors (Lipinski definition) is 0. The molecule has 2 unspecified atom stereocenters. The van der Waals surface area contributed by atoms with Crippen LogP contribution in [0.2, 0.25) is 0 Å². The lowest BCUT2D eigenvalue weighted by molar-refractivity contribution is -0.144. The maximum atomic E-state index is 10.9. The van der Waals surface area contributed by atoms with E-state index in [4.69, 9.17) is 4.74 Å². The first-order valence-electron chi connectivity index (χ1n) is 5.97. The smallest absolute Gasteiger partial charge is 0.302 e. The minimum Gasteiger partial charge on any atom is -0.464 e. The van der Waals surface area contributed by atoms with E-state index in [2.05, 4.69) is 18.7 Å². The van der Waals surface area contributed by atoms with E-state index in [1.165, 1.54) is 32.6 Å². The summed E-state index contributed by atoms with van der Waals surface area (Å²) in [4.78, 5) is 13.5. The molecule has 0 aliphatic carbocycles. The number of carbonyl (C=O) groups excluding carboxylic acids is 1. The van der Waals surface area contributed by atoms with Gasteiger partial charge in [-0.2, -0.15) is 0 Å². The van der Waals surface area contributed by atoms with Crippen LogP contribution in [0.5, 0.6) is 0 Å². The van der Waals surface area contributed by atoms with Crippen LogP contribution < -0.4 is 0 Å². The number of hydrogen-bond acceptors (Lipinski definition) is 3. The second kappa shape index (κ2) is 3.78. The van der Waals surface area contributed by atoms with Crippen molar-refractivity contribution < 1.29 is 9.53 Å². The molecular formula is C12H21NO2. The van der Waals surface area contributed by atoms with Crippen LogP contribution >= 0.6 is 0 Å². The Morgan fingerprint density at radius 1 is 1.33 bits per heavy atom. The summed E-state index contributed by atoms with van der Waals surface area (Å²) in [6.45, 7) is 6.67. The fraction of sp³-hybridized carbons (Fsp3) is 0.917. The maximum Gasteiger partial charge on any atom is 0.302 e. The Labute approximate surface area is 91.8 Å². The third-order valence-corrected chi connectivity index (χ3v) is 4.10. The second-order valence-electron chi connectivity index (χ2n) is 5.19. The molecule has 2 aliphatic rings. The molecule has 0 aromatic rings. The van der Waals surface area contributed by atoms with Gasteiger partial charge in [0, 0.05) is 19.0 Å². The molecule has 0 spiro atoms. The first-order valence-corrected chi connectivity index (χ1v) is 5.97. The Balaban J connectivity index is 2.09. The van der Waals surface area contributed by atoms with E-state index in [0.29, 0.717) is 18.7 Å². The summed E-state index contributed by atoms with van der Waals surface area (Å²) in [5.41, 5.74) is 0.171. The zero-order valence-corrected chi connectivity index (χ0v) is 9.95. The summed E-state index contributed by atoms with van der Waals surface area (Å²) in [5, 5.41) is 0. The van der Waals surface area contributed by atoms with Crippen molar-refractivity contribution in [3.63, 3.8) is 0 Å². The zero-order valence-electron chi connectivity index (χ0n) is 9.95. The van der Waals surface area contributed by atoms with Gasteiger partial charge in [0.25, 0.3) is 0 Å². The predicted octanol–water partition coefficient (Wildman–Crippen LogP) is 1.95. The Morgan fingerprint density at radius 3 is 2.33 bits per heavy atom. The molecule has 15 heavy (non-hydrogen) atoms. The number of esters is 1. The molecule has 2 rings (SSSR count). The van der Waals surface area contributed by atoms with Crippen molar-refractivity contribution in [2.45, 2.75) is 64.1 Å². The molecule has 3 nitrogen and oxygen atoms in total. The fourth-order valence-electron chi connectivity index (χ4n) is 3.44. The molecule has 0 aromatic heterocycles. The zero-order chi connectivity index (χ0) is 11.1. The fourth-order valence-corrected chi connectivity index (χ4v) is 3.44. The van der Waals surface area contributed by atoms with Crippen LogP contribution in [0.1, 0.15) is 46.5 Å². The number of nitrogens with zero attached hydrogens (tertiary/aromatic N) is 1. The first-order chi connectivity index (χ1) is 7.05. The van der Waals surface area contributed by atoms with Crippen LogP contribution in [-0.2, 0) is 9.53 Å². The van der Waals surface area contributed by atoms with Gasteiger partial charge in [0.05, 0.1) is 5.54 Å².